The van der Waals surface area contributed by atoms with E-state index in [1.807, 2.05) is 18.2 Å². The van der Waals surface area contributed by atoms with Crippen molar-refractivity contribution >= 4 is 37.4 Å². The summed E-state index contributed by atoms with van der Waals surface area (Å²) in [6.07, 6.45) is 1.60. The molecule has 182 valence electrons. The van der Waals surface area contributed by atoms with Gasteiger partial charge >= 0.3 is 0 Å². The van der Waals surface area contributed by atoms with E-state index in [-0.39, 0.29) is 4.90 Å². The van der Waals surface area contributed by atoms with Gasteiger partial charge in [0.15, 0.2) is 0 Å². The standard InChI is InChI=1S/C26H27FN4O2S2/c1-18-19(2)34-26-24(18)25(28-23(29-26)13-8-20-6-4-3-5-7-20)30-14-16-31(17-15-30)35(32,33)22-11-9-21(27)10-12-22/h3-7,9-12H,8,13-17H2,1-2H3. The van der Waals surface area contributed by atoms with Gasteiger partial charge < -0.3 is 4.90 Å². The highest BCUT2D eigenvalue weighted by molar-refractivity contribution is 7.89. The largest absolute Gasteiger partial charge is 0.353 e. The fourth-order valence-electron chi connectivity index (χ4n) is 4.41. The van der Waals surface area contributed by atoms with Gasteiger partial charge in [0.25, 0.3) is 0 Å². The van der Waals surface area contributed by atoms with Gasteiger partial charge in [0, 0.05) is 37.5 Å². The second-order valence-corrected chi connectivity index (χ2v) is 11.9. The van der Waals surface area contributed by atoms with Crippen molar-refractivity contribution < 1.29 is 12.8 Å². The maximum atomic E-state index is 13.3. The Labute approximate surface area is 209 Å². The molecule has 0 atom stereocenters. The summed E-state index contributed by atoms with van der Waals surface area (Å²) in [5, 5.41) is 1.06. The van der Waals surface area contributed by atoms with Gasteiger partial charge in [0.1, 0.15) is 22.3 Å². The number of aromatic nitrogens is 2. The molecule has 1 saturated heterocycles. The number of thiophene rings is 1. The van der Waals surface area contributed by atoms with E-state index in [9.17, 15) is 12.8 Å². The van der Waals surface area contributed by atoms with Crippen LogP contribution < -0.4 is 4.90 Å². The first-order chi connectivity index (χ1) is 16.8. The molecule has 1 aliphatic heterocycles. The summed E-state index contributed by atoms with van der Waals surface area (Å²) < 4.78 is 40.8. The van der Waals surface area contributed by atoms with Crippen molar-refractivity contribution in [3.05, 3.63) is 82.2 Å². The lowest BCUT2D eigenvalue weighted by atomic mass is 10.1. The van der Waals surface area contributed by atoms with Crippen LogP contribution in [0.15, 0.2) is 59.5 Å². The summed E-state index contributed by atoms with van der Waals surface area (Å²) in [5.41, 5.74) is 2.42. The van der Waals surface area contributed by atoms with E-state index in [4.69, 9.17) is 9.97 Å². The Morgan fingerprint density at radius 3 is 2.29 bits per heavy atom. The first-order valence-electron chi connectivity index (χ1n) is 11.6. The summed E-state index contributed by atoms with van der Waals surface area (Å²) >= 11 is 1.68. The summed E-state index contributed by atoms with van der Waals surface area (Å²) in [6.45, 7) is 5.93. The number of aryl methyl sites for hydroxylation is 4. The number of rotatable bonds is 6. The predicted molar refractivity (Wildman–Crippen MR) is 138 cm³/mol. The van der Waals surface area contributed by atoms with Crippen molar-refractivity contribution in [2.45, 2.75) is 31.6 Å². The third kappa shape index (κ3) is 4.80. The first-order valence-corrected chi connectivity index (χ1v) is 13.9. The Bertz CT molecular complexity index is 1450. The number of nitrogens with zero attached hydrogens (tertiary/aromatic N) is 4. The molecule has 6 nitrogen and oxygen atoms in total. The van der Waals surface area contributed by atoms with Crippen LogP contribution in [-0.4, -0.2) is 48.9 Å². The summed E-state index contributed by atoms with van der Waals surface area (Å²) in [4.78, 5) is 14.3. The minimum Gasteiger partial charge on any atom is -0.353 e. The molecule has 9 heteroatoms. The lowest BCUT2D eigenvalue weighted by molar-refractivity contribution is 0.384. The van der Waals surface area contributed by atoms with Crippen molar-refractivity contribution in [3.8, 4) is 0 Å². The van der Waals surface area contributed by atoms with Crippen LogP contribution in [0.2, 0.25) is 0 Å². The van der Waals surface area contributed by atoms with E-state index in [0.717, 1.165) is 34.7 Å². The number of benzene rings is 2. The summed E-state index contributed by atoms with van der Waals surface area (Å²) in [6, 6.07) is 15.3. The topological polar surface area (TPSA) is 66.4 Å². The third-order valence-corrected chi connectivity index (χ3v) is 9.54. The molecule has 0 saturated carbocycles. The molecule has 35 heavy (non-hydrogen) atoms. The van der Waals surface area contributed by atoms with Crippen LogP contribution >= 0.6 is 11.3 Å². The highest BCUT2D eigenvalue weighted by Gasteiger charge is 2.30. The molecule has 1 aliphatic rings. The van der Waals surface area contributed by atoms with Crippen LogP contribution in [0.25, 0.3) is 10.2 Å². The van der Waals surface area contributed by atoms with E-state index in [2.05, 4.69) is 30.9 Å². The molecule has 0 unspecified atom stereocenters. The highest BCUT2D eigenvalue weighted by Crippen LogP contribution is 2.35. The van der Waals surface area contributed by atoms with Crippen LogP contribution in [0.1, 0.15) is 21.8 Å². The molecule has 3 heterocycles. The monoisotopic (exact) mass is 510 g/mol. The molecule has 0 amide bonds. The van der Waals surface area contributed by atoms with Crippen molar-refractivity contribution in [3.63, 3.8) is 0 Å². The number of hydrogen-bond acceptors (Lipinski definition) is 6. The Kier molecular flexibility index (Phi) is 6.57. The molecule has 0 bridgehead atoms. The van der Waals surface area contributed by atoms with Crippen molar-refractivity contribution in [2.75, 3.05) is 31.1 Å². The molecule has 0 aliphatic carbocycles. The number of piperazine rings is 1. The average molecular weight is 511 g/mol. The molecular weight excluding hydrogens is 483 g/mol. The Balaban J connectivity index is 1.39. The first kappa shape index (κ1) is 23.8. The van der Waals surface area contributed by atoms with Crippen molar-refractivity contribution in [2.24, 2.45) is 0 Å². The van der Waals surface area contributed by atoms with Crippen LogP contribution in [0.3, 0.4) is 0 Å². The van der Waals surface area contributed by atoms with Crippen LogP contribution in [0.4, 0.5) is 10.2 Å². The number of hydrogen-bond donors (Lipinski definition) is 0. The van der Waals surface area contributed by atoms with Crippen molar-refractivity contribution in [1.29, 1.82) is 0 Å². The Morgan fingerprint density at radius 2 is 1.60 bits per heavy atom. The minimum absolute atomic E-state index is 0.115. The molecule has 0 radical (unpaired) electrons. The molecular formula is C26H27FN4O2S2. The van der Waals surface area contributed by atoms with Crippen LogP contribution in [-0.2, 0) is 22.9 Å². The van der Waals surface area contributed by atoms with E-state index < -0.39 is 15.8 Å². The second-order valence-electron chi connectivity index (χ2n) is 8.76. The molecule has 2 aromatic carbocycles. The molecule has 1 fully saturated rings. The maximum absolute atomic E-state index is 13.3. The lowest BCUT2D eigenvalue weighted by Crippen LogP contribution is -2.49. The average Bonchev–Trinajstić information content (AvgIpc) is 3.16. The van der Waals surface area contributed by atoms with Gasteiger partial charge in [-0.1, -0.05) is 30.3 Å². The maximum Gasteiger partial charge on any atom is 0.243 e. The normalized spacial score (nSPS) is 15.1. The predicted octanol–water partition coefficient (Wildman–Crippen LogP) is 4.74. The molecule has 5 rings (SSSR count). The number of halogens is 1. The van der Waals surface area contributed by atoms with Gasteiger partial charge in [-0.2, -0.15) is 4.31 Å². The molecule has 2 aromatic heterocycles. The second kappa shape index (κ2) is 9.64. The highest BCUT2D eigenvalue weighted by atomic mass is 32.2. The number of fused-ring (bicyclic) bond motifs is 1. The van der Waals surface area contributed by atoms with E-state index in [1.54, 1.807) is 11.3 Å². The lowest BCUT2D eigenvalue weighted by Gasteiger charge is -2.35. The minimum atomic E-state index is -3.67. The van der Waals surface area contributed by atoms with Gasteiger partial charge in [0.05, 0.1) is 10.3 Å². The van der Waals surface area contributed by atoms with Gasteiger partial charge in [-0.25, -0.2) is 22.8 Å². The number of sulfonamides is 1. The fourth-order valence-corrected chi connectivity index (χ4v) is 6.87. The van der Waals surface area contributed by atoms with Crippen molar-refractivity contribution in [1.82, 2.24) is 14.3 Å². The smallest absolute Gasteiger partial charge is 0.243 e. The SMILES string of the molecule is Cc1sc2nc(CCc3ccccc3)nc(N3CCN(S(=O)(=O)c4ccc(F)cc4)CC3)c2c1C. The number of anilines is 1. The fraction of sp³-hybridized carbons (Fsp3) is 0.308. The van der Waals surface area contributed by atoms with E-state index in [1.165, 1.54) is 44.6 Å². The van der Waals surface area contributed by atoms with Gasteiger partial charge in [-0.05, 0) is 55.7 Å². The summed E-state index contributed by atoms with van der Waals surface area (Å²) in [5.74, 6) is 1.24. The third-order valence-electron chi connectivity index (χ3n) is 6.53. The van der Waals surface area contributed by atoms with Gasteiger partial charge in [-0.3, -0.25) is 0 Å². The molecule has 0 spiro atoms. The summed E-state index contributed by atoms with van der Waals surface area (Å²) in [7, 11) is -3.67. The van der Waals surface area contributed by atoms with Gasteiger partial charge in [0.2, 0.25) is 10.0 Å². The zero-order valence-electron chi connectivity index (χ0n) is 19.7. The zero-order valence-corrected chi connectivity index (χ0v) is 21.4. The van der Waals surface area contributed by atoms with E-state index in [0.29, 0.717) is 26.2 Å². The van der Waals surface area contributed by atoms with Gasteiger partial charge in [-0.15, -0.1) is 11.3 Å². The van der Waals surface area contributed by atoms with E-state index >= 15 is 0 Å². The van der Waals surface area contributed by atoms with Crippen LogP contribution in [0, 0.1) is 19.7 Å². The Hall–Kier alpha value is -2.88. The zero-order chi connectivity index (χ0) is 24.6. The van der Waals surface area contributed by atoms with Crippen LogP contribution in [0.5, 0.6) is 0 Å². The molecule has 4 aromatic rings. The Morgan fingerprint density at radius 1 is 0.914 bits per heavy atom. The molecule has 0 N–H and O–H groups in total. The quantitative estimate of drug-likeness (QED) is 0.375.